The number of carbonyl (C=O) groups is 2. The van der Waals surface area contributed by atoms with E-state index in [1.807, 2.05) is 25.1 Å². The summed E-state index contributed by atoms with van der Waals surface area (Å²) in [5.41, 5.74) is 10.9. The van der Waals surface area contributed by atoms with Gasteiger partial charge in [0.05, 0.1) is 17.0 Å². The molecule has 0 saturated heterocycles. The van der Waals surface area contributed by atoms with Crippen molar-refractivity contribution in [1.29, 1.82) is 0 Å². The fourth-order valence-electron chi connectivity index (χ4n) is 1.74. The topological polar surface area (TPSA) is 98.2 Å². The minimum Gasteiger partial charge on any atom is -0.369 e. The van der Waals surface area contributed by atoms with Crippen molar-refractivity contribution in [2.24, 2.45) is 11.5 Å². The number of rotatable bonds is 7. The highest BCUT2D eigenvalue weighted by Gasteiger charge is 2.27. The second kappa shape index (κ2) is 7.31. The number of nitrogens with one attached hydrogen (secondary N) is 1. The Kier molecular flexibility index (Phi) is 6.04. The number of hydrogen-bond acceptors (Lipinski definition) is 4. The normalized spacial score (nSPS) is 13.6. The summed E-state index contributed by atoms with van der Waals surface area (Å²) in [6.07, 6.45) is 1.44. The molecule has 5 nitrogen and oxygen atoms in total. The fourth-order valence-corrected chi connectivity index (χ4v) is 2.49. The summed E-state index contributed by atoms with van der Waals surface area (Å²) in [7, 11) is 0. The van der Waals surface area contributed by atoms with E-state index in [0.717, 1.165) is 11.3 Å². The third-order valence-corrected chi connectivity index (χ3v) is 3.89. The molecule has 20 heavy (non-hydrogen) atoms. The second-order valence-corrected chi connectivity index (χ2v) is 5.89. The smallest absolute Gasteiger partial charge is 0.244 e. The monoisotopic (exact) mass is 295 g/mol. The molecule has 0 bridgehead atoms. The molecule has 0 aliphatic carbocycles. The molecule has 0 saturated carbocycles. The zero-order valence-corrected chi connectivity index (χ0v) is 12.6. The largest absolute Gasteiger partial charge is 0.369 e. The number of hydrogen-bond donors (Lipinski definition) is 3. The first kappa shape index (κ1) is 16.5. The van der Waals surface area contributed by atoms with Gasteiger partial charge in [0.15, 0.2) is 0 Å². The molecule has 6 heteroatoms. The predicted octanol–water partition coefficient (Wildman–Crippen LogP) is 1.72. The van der Waals surface area contributed by atoms with Crippen LogP contribution in [-0.2, 0) is 9.59 Å². The molecule has 0 aliphatic heterocycles. The van der Waals surface area contributed by atoms with E-state index < -0.39 is 11.4 Å². The molecule has 1 atom stereocenters. The fraction of sp³-hybridized carbons (Fsp3) is 0.429. The maximum atomic E-state index is 12.2. The van der Waals surface area contributed by atoms with Gasteiger partial charge in [-0.25, -0.2) is 0 Å². The Labute approximate surface area is 123 Å². The molecular weight excluding hydrogens is 274 g/mol. The zero-order chi connectivity index (χ0) is 15.2. The average molecular weight is 295 g/mol. The number of benzene rings is 1. The minimum atomic E-state index is -0.907. The van der Waals surface area contributed by atoms with Crippen molar-refractivity contribution in [3.63, 3.8) is 0 Å². The van der Waals surface area contributed by atoms with E-state index in [-0.39, 0.29) is 11.7 Å². The molecular formula is C14H21N3O2S. The van der Waals surface area contributed by atoms with Crippen molar-refractivity contribution in [1.82, 2.24) is 0 Å². The molecule has 0 spiro atoms. The Balaban J connectivity index is 2.81. The van der Waals surface area contributed by atoms with Gasteiger partial charge in [-0.2, -0.15) is 0 Å². The van der Waals surface area contributed by atoms with Gasteiger partial charge in [-0.05, 0) is 25.5 Å². The summed E-state index contributed by atoms with van der Waals surface area (Å²) >= 11 is 1.29. The van der Waals surface area contributed by atoms with Crippen molar-refractivity contribution in [3.05, 3.63) is 24.3 Å². The van der Waals surface area contributed by atoms with Gasteiger partial charge in [-0.1, -0.05) is 25.5 Å². The molecule has 0 fully saturated rings. The van der Waals surface area contributed by atoms with Gasteiger partial charge >= 0.3 is 0 Å². The van der Waals surface area contributed by atoms with Gasteiger partial charge in [0.2, 0.25) is 11.8 Å². The summed E-state index contributed by atoms with van der Waals surface area (Å²) in [6, 6.07) is 7.27. The molecule has 5 N–H and O–H groups in total. The number of amides is 2. The van der Waals surface area contributed by atoms with Gasteiger partial charge in [-0.3, -0.25) is 9.59 Å². The quantitative estimate of drug-likeness (QED) is 0.667. The third-order valence-electron chi connectivity index (χ3n) is 2.79. The molecule has 110 valence electrons. The van der Waals surface area contributed by atoms with Crippen LogP contribution in [0.1, 0.15) is 26.7 Å². The van der Waals surface area contributed by atoms with Crippen LogP contribution in [0, 0.1) is 0 Å². The maximum Gasteiger partial charge on any atom is 0.244 e. The van der Waals surface area contributed by atoms with Crippen molar-refractivity contribution >= 4 is 29.3 Å². The van der Waals surface area contributed by atoms with Crippen molar-refractivity contribution in [2.45, 2.75) is 37.1 Å². The lowest BCUT2D eigenvalue weighted by Crippen LogP contribution is -2.48. The summed E-state index contributed by atoms with van der Waals surface area (Å²) in [5.74, 6) is -0.459. The number of carbonyl (C=O) groups excluding carboxylic acids is 2. The SMILES string of the molecule is CCCC(C)(N)C(=O)Nc1ccccc1SCC(N)=O. The molecule has 1 unspecified atom stereocenters. The molecule has 0 aliphatic rings. The van der Waals surface area contributed by atoms with E-state index >= 15 is 0 Å². The Morgan fingerprint density at radius 1 is 1.35 bits per heavy atom. The summed E-state index contributed by atoms with van der Waals surface area (Å²) < 4.78 is 0. The number of thioether (sulfide) groups is 1. The maximum absolute atomic E-state index is 12.2. The molecule has 1 aromatic rings. The number of nitrogens with two attached hydrogens (primary N) is 2. The van der Waals surface area contributed by atoms with Crippen LogP contribution >= 0.6 is 11.8 Å². The first-order valence-electron chi connectivity index (χ1n) is 6.47. The van der Waals surface area contributed by atoms with Crippen LogP contribution in [-0.4, -0.2) is 23.1 Å². The lowest BCUT2D eigenvalue weighted by Gasteiger charge is -2.23. The highest BCUT2D eigenvalue weighted by atomic mass is 32.2. The first-order chi connectivity index (χ1) is 9.36. The Morgan fingerprint density at radius 3 is 2.60 bits per heavy atom. The van der Waals surface area contributed by atoms with E-state index in [4.69, 9.17) is 11.5 Å². The molecule has 2 amide bonds. The summed E-state index contributed by atoms with van der Waals surface area (Å²) in [4.78, 5) is 23.8. The van der Waals surface area contributed by atoms with Gasteiger partial charge in [0, 0.05) is 4.90 Å². The van der Waals surface area contributed by atoms with Crippen LogP contribution in [0.5, 0.6) is 0 Å². The standard InChI is InChI=1S/C14H21N3O2S/c1-3-8-14(2,16)13(19)17-10-6-4-5-7-11(10)20-9-12(15)18/h4-7H,3,8-9,16H2,1-2H3,(H2,15,18)(H,17,19). The first-order valence-corrected chi connectivity index (χ1v) is 7.46. The van der Waals surface area contributed by atoms with Gasteiger partial charge in [-0.15, -0.1) is 11.8 Å². The molecule has 1 aromatic carbocycles. The number of para-hydroxylation sites is 1. The molecule has 1 rings (SSSR count). The summed E-state index contributed by atoms with van der Waals surface area (Å²) in [5, 5.41) is 2.82. The Hall–Kier alpha value is -1.53. The predicted molar refractivity (Wildman–Crippen MR) is 82.5 cm³/mol. The lowest BCUT2D eigenvalue weighted by molar-refractivity contribution is -0.121. The van der Waals surface area contributed by atoms with Crippen molar-refractivity contribution in [2.75, 3.05) is 11.1 Å². The van der Waals surface area contributed by atoms with Crippen LogP contribution in [0.3, 0.4) is 0 Å². The van der Waals surface area contributed by atoms with E-state index in [1.165, 1.54) is 11.8 Å². The van der Waals surface area contributed by atoms with Crippen LogP contribution in [0.25, 0.3) is 0 Å². The van der Waals surface area contributed by atoms with Gasteiger partial charge < -0.3 is 16.8 Å². The summed E-state index contributed by atoms with van der Waals surface area (Å²) in [6.45, 7) is 3.69. The second-order valence-electron chi connectivity index (χ2n) is 4.87. The molecule has 0 aromatic heterocycles. The van der Waals surface area contributed by atoms with Crippen molar-refractivity contribution < 1.29 is 9.59 Å². The van der Waals surface area contributed by atoms with Gasteiger partial charge in [0.25, 0.3) is 0 Å². The highest BCUT2D eigenvalue weighted by Crippen LogP contribution is 2.27. The Morgan fingerprint density at radius 2 is 2.00 bits per heavy atom. The van der Waals surface area contributed by atoms with Gasteiger partial charge in [0.1, 0.15) is 0 Å². The van der Waals surface area contributed by atoms with E-state index in [0.29, 0.717) is 12.1 Å². The van der Waals surface area contributed by atoms with Crippen LogP contribution < -0.4 is 16.8 Å². The minimum absolute atomic E-state index is 0.168. The average Bonchev–Trinajstić information content (AvgIpc) is 2.37. The number of anilines is 1. The zero-order valence-electron chi connectivity index (χ0n) is 11.8. The van der Waals surface area contributed by atoms with E-state index in [9.17, 15) is 9.59 Å². The van der Waals surface area contributed by atoms with Crippen LogP contribution in [0.4, 0.5) is 5.69 Å². The molecule has 0 heterocycles. The third kappa shape index (κ3) is 4.86. The van der Waals surface area contributed by atoms with Crippen LogP contribution in [0.15, 0.2) is 29.2 Å². The lowest BCUT2D eigenvalue weighted by atomic mass is 9.96. The van der Waals surface area contributed by atoms with E-state index in [1.54, 1.807) is 13.0 Å². The highest BCUT2D eigenvalue weighted by molar-refractivity contribution is 8.00. The van der Waals surface area contributed by atoms with Crippen molar-refractivity contribution in [3.8, 4) is 0 Å². The Bertz CT molecular complexity index is 489. The van der Waals surface area contributed by atoms with Crippen LogP contribution in [0.2, 0.25) is 0 Å². The van der Waals surface area contributed by atoms with E-state index in [2.05, 4.69) is 5.32 Å². The number of primary amides is 1. The molecule has 0 radical (unpaired) electrons.